The normalized spacial score (nSPS) is 10.7. The Morgan fingerprint density at radius 3 is 1.19 bits per heavy atom. The minimum atomic E-state index is 0. The lowest BCUT2D eigenvalue weighted by atomic mass is 10.2. The molecule has 0 aliphatic rings. The van der Waals surface area contributed by atoms with Gasteiger partial charge in [0, 0.05) is 11.1 Å². The fourth-order valence-corrected chi connectivity index (χ4v) is 3.11. The van der Waals surface area contributed by atoms with Crippen molar-refractivity contribution in [3.05, 3.63) is 71.8 Å². The van der Waals surface area contributed by atoms with Gasteiger partial charge in [0.25, 0.3) is 0 Å². The van der Waals surface area contributed by atoms with E-state index in [1.807, 2.05) is 0 Å². The van der Waals surface area contributed by atoms with Gasteiger partial charge in [0.1, 0.15) is 13.1 Å². The Hall–Kier alpha value is -1.72. The second-order valence-corrected chi connectivity index (χ2v) is 7.87. The van der Waals surface area contributed by atoms with E-state index in [-0.39, 0.29) is 11.0 Å². The van der Waals surface area contributed by atoms with Crippen molar-refractivity contribution < 1.29 is 19.9 Å². The van der Waals surface area contributed by atoms with Crippen LogP contribution >= 0.6 is 0 Å². The molecule has 0 saturated carbocycles. The molecule has 2 rings (SSSR count). The molecule has 0 radical (unpaired) electrons. The molecular weight excluding hydrogens is 336 g/mol. The Kier molecular flexibility index (Phi) is 13.7. The first-order valence-corrected chi connectivity index (χ1v) is 9.57. The van der Waals surface area contributed by atoms with E-state index in [0.29, 0.717) is 0 Å². The predicted molar refractivity (Wildman–Crippen MR) is 114 cm³/mol. The van der Waals surface area contributed by atoms with E-state index >= 15 is 0 Å². The highest BCUT2D eigenvalue weighted by atomic mass is 16.0. The van der Waals surface area contributed by atoms with Gasteiger partial charge in [0.2, 0.25) is 0 Å². The van der Waals surface area contributed by atoms with Gasteiger partial charge in [-0.3, -0.25) is 0 Å². The third-order valence-corrected chi connectivity index (χ3v) is 4.87. The van der Waals surface area contributed by atoms with Gasteiger partial charge in [-0.15, -0.1) is 0 Å². The lowest BCUT2D eigenvalue weighted by molar-refractivity contribution is -0.936. The van der Waals surface area contributed by atoms with Crippen LogP contribution < -0.4 is 0 Å². The number of nitrogens with zero attached hydrogens (tertiary/aromatic N) is 2. The first kappa shape index (κ1) is 27.5. The zero-order valence-corrected chi connectivity index (χ0v) is 18.1. The van der Waals surface area contributed by atoms with Crippen LogP contribution in [-0.2, 0) is 13.1 Å². The summed E-state index contributed by atoms with van der Waals surface area (Å²) in [6.45, 7) is 12.8. The lowest BCUT2D eigenvalue weighted by Crippen LogP contribution is -2.46. The van der Waals surface area contributed by atoms with Gasteiger partial charge in [0.05, 0.1) is 40.8 Å². The highest BCUT2D eigenvalue weighted by Gasteiger charge is 2.20. The van der Waals surface area contributed by atoms with E-state index in [4.69, 9.17) is 0 Å². The van der Waals surface area contributed by atoms with Crippen LogP contribution in [0.15, 0.2) is 60.7 Å². The van der Waals surface area contributed by atoms with Crippen molar-refractivity contribution in [2.24, 2.45) is 0 Å². The highest BCUT2D eigenvalue weighted by molar-refractivity contribution is 5.14. The van der Waals surface area contributed by atoms with Crippen LogP contribution in [0.1, 0.15) is 31.9 Å². The molecule has 27 heavy (non-hydrogen) atoms. The molecule has 0 atom stereocenters. The predicted octanol–water partition coefficient (Wildman–Crippen LogP) is 4.60. The molecule has 4 heteroatoms. The van der Waals surface area contributed by atoms with Crippen LogP contribution in [0, 0.1) is 0 Å². The minimum Gasteiger partial charge on any atom is -0.870 e. The van der Waals surface area contributed by atoms with Gasteiger partial charge in [-0.05, 0) is 20.8 Å². The molecule has 0 aliphatic heterocycles. The minimum absolute atomic E-state index is 0. The van der Waals surface area contributed by atoms with Crippen LogP contribution in [0.3, 0.4) is 0 Å². The summed E-state index contributed by atoms with van der Waals surface area (Å²) < 4.78 is 2.19. The summed E-state index contributed by atoms with van der Waals surface area (Å²) in [6, 6.07) is 21.4. The van der Waals surface area contributed by atoms with Crippen molar-refractivity contribution in [2.45, 2.75) is 33.9 Å². The lowest BCUT2D eigenvalue weighted by Gasteiger charge is -2.35. The molecule has 0 unspecified atom stereocenters. The van der Waals surface area contributed by atoms with Crippen molar-refractivity contribution in [2.75, 3.05) is 40.8 Å². The van der Waals surface area contributed by atoms with E-state index in [1.165, 1.54) is 41.8 Å². The Morgan fingerprint density at radius 2 is 0.889 bits per heavy atom. The van der Waals surface area contributed by atoms with Gasteiger partial charge in [0.15, 0.2) is 0 Å². The summed E-state index contributed by atoms with van der Waals surface area (Å²) in [4.78, 5) is 0. The van der Waals surface area contributed by atoms with E-state index in [2.05, 4.69) is 103 Å². The fraction of sp³-hybridized carbons (Fsp3) is 0.478. The van der Waals surface area contributed by atoms with Gasteiger partial charge in [-0.25, -0.2) is 0 Å². The number of quaternary nitrogens is 2. The molecule has 0 bridgehead atoms. The van der Waals surface area contributed by atoms with Crippen LogP contribution in [0.25, 0.3) is 0 Å². The van der Waals surface area contributed by atoms with Crippen LogP contribution in [0.4, 0.5) is 0 Å². The molecule has 2 N–H and O–H groups in total. The van der Waals surface area contributed by atoms with Gasteiger partial charge < -0.3 is 19.9 Å². The second kappa shape index (κ2) is 13.4. The maximum absolute atomic E-state index is 2.29. The first-order valence-electron chi connectivity index (χ1n) is 9.57. The number of hydrogen-bond acceptors (Lipinski definition) is 2. The molecule has 0 saturated heterocycles. The third kappa shape index (κ3) is 10.9. The maximum atomic E-state index is 2.29. The summed E-state index contributed by atoms with van der Waals surface area (Å²) in [6.07, 6.45) is 0. The van der Waals surface area contributed by atoms with E-state index < -0.39 is 0 Å². The van der Waals surface area contributed by atoms with Gasteiger partial charge in [-0.1, -0.05) is 60.7 Å². The van der Waals surface area contributed by atoms with Gasteiger partial charge >= 0.3 is 0 Å². The van der Waals surface area contributed by atoms with Crippen molar-refractivity contribution in [1.82, 2.24) is 0 Å². The SMILES string of the molecule is CC[N+](CC)(CC)Cc1ccccc1.C[N+](C)(C)Cc1ccccc1.[OH-].[OH-]. The van der Waals surface area contributed by atoms with Crippen molar-refractivity contribution in [3.63, 3.8) is 0 Å². The summed E-state index contributed by atoms with van der Waals surface area (Å²) in [5.41, 5.74) is 2.86. The quantitative estimate of drug-likeness (QED) is 0.663. The fourth-order valence-electron chi connectivity index (χ4n) is 3.11. The largest absolute Gasteiger partial charge is 0.870 e. The molecule has 0 aromatic heterocycles. The number of rotatable bonds is 7. The average Bonchev–Trinajstić information content (AvgIpc) is 2.61. The third-order valence-electron chi connectivity index (χ3n) is 4.87. The average molecular weight is 377 g/mol. The zero-order chi connectivity index (χ0) is 18.8. The van der Waals surface area contributed by atoms with Crippen LogP contribution in [-0.4, -0.2) is 60.7 Å². The maximum Gasteiger partial charge on any atom is 0.104 e. The standard InChI is InChI=1S/C13H22N.C10H16N.2H2O/c1-4-14(5-2,6-3)12-13-10-8-7-9-11-13;1-11(2,3)9-10-7-5-4-6-8-10;;/h7-11H,4-6,12H2,1-3H3;4-8H,9H2,1-3H3;2*1H2/q2*+1;;/p-2. The molecule has 0 fully saturated rings. The van der Waals surface area contributed by atoms with Crippen molar-refractivity contribution in [1.29, 1.82) is 0 Å². The zero-order valence-electron chi connectivity index (χ0n) is 18.1. The monoisotopic (exact) mass is 376 g/mol. The smallest absolute Gasteiger partial charge is 0.104 e. The Balaban J connectivity index is 0. The Labute approximate surface area is 166 Å². The number of hydrogen-bond donors (Lipinski definition) is 0. The summed E-state index contributed by atoms with van der Waals surface area (Å²) in [5.74, 6) is 0. The summed E-state index contributed by atoms with van der Waals surface area (Å²) in [5, 5.41) is 0. The van der Waals surface area contributed by atoms with E-state index in [1.54, 1.807) is 0 Å². The summed E-state index contributed by atoms with van der Waals surface area (Å²) >= 11 is 0. The molecule has 0 amide bonds. The second-order valence-electron chi connectivity index (χ2n) is 7.87. The molecule has 154 valence electrons. The summed E-state index contributed by atoms with van der Waals surface area (Å²) in [7, 11) is 6.60. The topological polar surface area (TPSA) is 60.0 Å². The van der Waals surface area contributed by atoms with E-state index in [9.17, 15) is 0 Å². The Morgan fingerprint density at radius 1 is 0.556 bits per heavy atom. The van der Waals surface area contributed by atoms with Gasteiger partial charge in [-0.2, -0.15) is 0 Å². The number of benzene rings is 2. The van der Waals surface area contributed by atoms with Crippen molar-refractivity contribution >= 4 is 0 Å². The van der Waals surface area contributed by atoms with Crippen LogP contribution in [0.2, 0.25) is 0 Å². The van der Waals surface area contributed by atoms with Crippen LogP contribution in [0.5, 0.6) is 0 Å². The highest BCUT2D eigenvalue weighted by Crippen LogP contribution is 2.13. The molecule has 2 aromatic carbocycles. The van der Waals surface area contributed by atoms with E-state index in [0.717, 1.165) is 11.0 Å². The molecule has 0 aliphatic carbocycles. The Bertz CT molecular complexity index is 568. The molecule has 2 aromatic rings. The molecule has 0 spiro atoms. The van der Waals surface area contributed by atoms with Crippen molar-refractivity contribution in [3.8, 4) is 0 Å². The molecule has 0 heterocycles. The molecule has 4 nitrogen and oxygen atoms in total. The molecular formula is C23H40N2O2. The first-order chi connectivity index (χ1) is 11.8.